The molecule has 168 valence electrons. The first-order chi connectivity index (χ1) is 15.6. The Balaban J connectivity index is 1.22. The highest BCUT2D eigenvalue weighted by Crippen LogP contribution is 2.41. The number of benzene rings is 1. The summed E-state index contributed by atoms with van der Waals surface area (Å²) < 4.78 is 11.2. The average Bonchev–Trinajstić information content (AvgIpc) is 3.41. The van der Waals surface area contributed by atoms with Crippen LogP contribution in [0.3, 0.4) is 0 Å². The predicted molar refractivity (Wildman–Crippen MR) is 120 cm³/mol. The summed E-state index contributed by atoms with van der Waals surface area (Å²) in [6, 6.07) is 10.3. The number of aromatic nitrogens is 1. The maximum absolute atomic E-state index is 12.3. The number of cyclic esters (lactones) is 1. The van der Waals surface area contributed by atoms with Crippen LogP contribution < -0.4 is 14.5 Å². The van der Waals surface area contributed by atoms with Crippen molar-refractivity contribution in [2.75, 3.05) is 49.7 Å². The number of likely N-dealkylation sites (N-methyl/N-ethyl adjacent to an activating group) is 1. The van der Waals surface area contributed by atoms with E-state index < -0.39 is 12.2 Å². The van der Waals surface area contributed by atoms with Crippen LogP contribution in [0.25, 0.3) is 11.1 Å². The Bertz CT molecular complexity index is 1030. The molecule has 2 aromatic rings. The number of anilines is 2. The Morgan fingerprint density at radius 3 is 2.81 bits per heavy atom. The largest absolute Gasteiger partial charge is 0.489 e. The maximum atomic E-state index is 12.3. The molecular formula is C24H28N4O4. The number of likely N-dealkylation sites (tertiary alicyclic amines) is 1. The fourth-order valence-electron chi connectivity index (χ4n) is 5.70. The van der Waals surface area contributed by atoms with Gasteiger partial charge < -0.3 is 24.4 Å². The number of nitrogens with zero attached hydrogens (tertiary/aromatic N) is 4. The summed E-state index contributed by atoms with van der Waals surface area (Å²) in [5.74, 6) is 2.41. The second-order valence-electron chi connectivity index (χ2n) is 9.30. The smallest absolute Gasteiger partial charge is 0.415 e. The number of aliphatic hydroxyl groups excluding tert-OH is 1. The van der Waals surface area contributed by atoms with Crippen LogP contribution in [-0.2, 0) is 4.74 Å². The fourth-order valence-corrected chi connectivity index (χ4v) is 5.70. The van der Waals surface area contributed by atoms with E-state index >= 15 is 0 Å². The second kappa shape index (κ2) is 7.64. The van der Waals surface area contributed by atoms with Crippen molar-refractivity contribution < 1.29 is 19.4 Å². The summed E-state index contributed by atoms with van der Waals surface area (Å²) in [6.07, 6.45) is 3.52. The van der Waals surface area contributed by atoms with E-state index in [0.29, 0.717) is 24.1 Å². The van der Waals surface area contributed by atoms with Crippen molar-refractivity contribution in [2.24, 2.45) is 5.92 Å². The van der Waals surface area contributed by atoms with Gasteiger partial charge in [0.1, 0.15) is 24.2 Å². The molecule has 4 aliphatic rings. The lowest BCUT2D eigenvalue weighted by atomic mass is 9.93. The first kappa shape index (κ1) is 19.8. The van der Waals surface area contributed by atoms with Gasteiger partial charge in [-0.15, -0.1) is 0 Å². The number of hydrogen-bond donors (Lipinski definition) is 1. The zero-order chi connectivity index (χ0) is 21.8. The van der Waals surface area contributed by atoms with E-state index in [1.807, 2.05) is 24.4 Å². The summed E-state index contributed by atoms with van der Waals surface area (Å²) in [7, 11) is 2.24. The molecule has 0 bridgehead atoms. The van der Waals surface area contributed by atoms with Crippen LogP contribution in [0.1, 0.15) is 12.8 Å². The molecule has 1 aromatic heterocycles. The van der Waals surface area contributed by atoms with Crippen molar-refractivity contribution in [1.29, 1.82) is 0 Å². The summed E-state index contributed by atoms with van der Waals surface area (Å²) >= 11 is 0. The summed E-state index contributed by atoms with van der Waals surface area (Å²) in [5.41, 5.74) is 2.68. The van der Waals surface area contributed by atoms with Crippen LogP contribution >= 0.6 is 0 Å². The summed E-state index contributed by atoms with van der Waals surface area (Å²) in [4.78, 5) is 23.6. The number of amides is 1. The number of pyridine rings is 1. The van der Waals surface area contributed by atoms with E-state index in [2.05, 4.69) is 29.0 Å². The SMILES string of the molecule is CN1CCC[C@H]2CN(c3ccc(-c4ccc5c(c4)OC[C@H]4[C@H](CO)OC(=O)N54)cn3)C[C@H]21. The number of rotatable bonds is 3. The summed E-state index contributed by atoms with van der Waals surface area (Å²) in [6.45, 7) is 3.41. The third-order valence-electron chi connectivity index (χ3n) is 7.48. The topological polar surface area (TPSA) is 78.4 Å². The van der Waals surface area contributed by atoms with Crippen molar-refractivity contribution in [3.05, 3.63) is 36.5 Å². The molecule has 6 rings (SSSR count). The molecule has 3 saturated heterocycles. The Hall–Kier alpha value is -2.84. The highest BCUT2D eigenvalue weighted by molar-refractivity contribution is 5.94. The Kier molecular flexibility index (Phi) is 4.73. The van der Waals surface area contributed by atoms with Crippen molar-refractivity contribution in [1.82, 2.24) is 9.88 Å². The summed E-state index contributed by atoms with van der Waals surface area (Å²) in [5, 5.41) is 9.47. The molecule has 8 heteroatoms. The van der Waals surface area contributed by atoms with Crippen LogP contribution in [-0.4, -0.2) is 79.2 Å². The standard InChI is InChI=1S/C24H28N4O4/c1-26-8-2-3-17-11-27(12-19(17)26)23-7-5-16(10-25-23)15-4-6-18-21(9-15)31-14-20-22(13-29)32-24(30)28(18)20/h4-7,9-10,17,19-20,22,29H,2-3,8,11-14H2,1H3/t17-,19+,20-,22-/m0/s1. The normalized spacial score (nSPS) is 29.2. The van der Waals surface area contributed by atoms with Crippen LogP contribution in [0.15, 0.2) is 36.5 Å². The van der Waals surface area contributed by atoms with Crippen molar-refractivity contribution in [2.45, 2.75) is 31.0 Å². The minimum Gasteiger partial charge on any atom is -0.489 e. The van der Waals surface area contributed by atoms with Crippen molar-refractivity contribution in [3.63, 3.8) is 0 Å². The van der Waals surface area contributed by atoms with Gasteiger partial charge in [0.15, 0.2) is 6.10 Å². The van der Waals surface area contributed by atoms with E-state index in [1.54, 1.807) is 4.90 Å². The third kappa shape index (κ3) is 3.12. The lowest BCUT2D eigenvalue weighted by Crippen LogP contribution is -2.45. The molecule has 1 N–H and O–H groups in total. The zero-order valence-corrected chi connectivity index (χ0v) is 18.2. The lowest BCUT2D eigenvalue weighted by molar-refractivity contribution is 0.0734. The number of aliphatic hydroxyl groups is 1. The number of ether oxygens (including phenoxy) is 2. The minimum atomic E-state index is -0.554. The fraction of sp³-hybridized carbons (Fsp3) is 0.500. The molecule has 32 heavy (non-hydrogen) atoms. The highest BCUT2D eigenvalue weighted by atomic mass is 16.6. The van der Waals surface area contributed by atoms with E-state index in [9.17, 15) is 9.90 Å². The Morgan fingerprint density at radius 2 is 2.03 bits per heavy atom. The maximum Gasteiger partial charge on any atom is 0.415 e. The molecule has 0 unspecified atom stereocenters. The van der Waals surface area contributed by atoms with Gasteiger partial charge in [0, 0.05) is 30.9 Å². The van der Waals surface area contributed by atoms with Crippen LogP contribution in [0, 0.1) is 5.92 Å². The molecule has 0 saturated carbocycles. The highest BCUT2D eigenvalue weighted by Gasteiger charge is 2.46. The van der Waals surface area contributed by atoms with Crippen LogP contribution in [0.2, 0.25) is 0 Å². The molecule has 4 atom stereocenters. The third-order valence-corrected chi connectivity index (χ3v) is 7.48. The van der Waals surface area contributed by atoms with E-state index in [0.717, 1.165) is 36.0 Å². The first-order valence-corrected chi connectivity index (χ1v) is 11.4. The number of hydrogen-bond acceptors (Lipinski definition) is 7. The molecule has 1 amide bonds. The molecule has 5 heterocycles. The minimum absolute atomic E-state index is 0.212. The predicted octanol–water partition coefficient (Wildman–Crippen LogP) is 2.36. The van der Waals surface area contributed by atoms with E-state index in [4.69, 9.17) is 14.5 Å². The number of carbonyl (C=O) groups is 1. The Morgan fingerprint density at radius 1 is 1.16 bits per heavy atom. The van der Waals surface area contributed by atoms with E-state index in [-0.39, 0.29) is 12.6 Å². The van der Waals surface area contributed by atoms with Crippen LogP contribution in [0.5, 0.6) is 5.75 Å². The van der Waals surface area contributed by atoms with Gasteiger partial charge in [0.2, 0.25) is 0 Å². The lowest BCUT2D eigenvalue weighted by Gasteiger charge is -2.33. The monoisotopic (exact) mass is 436 g/mol. The average molecular weight is 437 g/mol. The molecule has 4 aliphatic heterocycles. The zero-order valence-electron chi connectivity index (χ0n) is 18.2. The van der Waals surface area contributed by atoms with Gasteiger partial charge in [-0.2, -0.15) is 0 Å². The van der Waals surface area contributed by atoms with Crippen molar-refractivity contribution in [3.8, 4) is 16.9 Å². The molecular weight excluding hydrogens is 408 g/mol. The molecule has 0 aliphatic carbocycles. The quantitative estimate of drug-likeness (QED) is 0.791. The molecule has 3 fully saturated rings. The van der Waals surface area contributed by atoms with E-state index in [1.165, 1.54) is 19.4 Å². The Labute approximate surface area is 187 Å². The number of fused-ring (bicyclic) bond motifs is 4. The van der Waals surface area contributed by atoms with Gasteiger partial charge in [-0.3, -0.25) is 4.90 Å². The first-order valence-electron chi connectivity index (χ1n) is 11.4. The van der Waals surface area contributed by atoms with Gasteiger partial charge in [-0.25, -0.2) is 9.78 Å². The van der Waals surface area contributed by atoms with Crippen molar-refractivity contribution >= 4 is 17.6 Å². The molecule has 1 aromatic carbocycles. The molecule has 0 spiro atoms. The second-order valence-corrected chi connectivity index (χ2v) is 9.30. The van der Waals surface area contributed by atoms with Gasteiger partial charge in [0.05, 0.1) is 12.3 Å². The van der Waals surface area contributed by atoms with Gasteiger partial charge >= 0.3 is 6.09 Å². The van der Waals surface area contributed by atoms with Crippen LogP contribution in [0.4, 0.5) is 16.3 Å². The van der Waals surface area contributed by atoms with Gasteiger partial charge in [-0.1, -0.05) is 6.07 Å². The number of piperidine rings is 1. The van der Waals surface area contributed by atoms with Gasteiger partial charge in [0.25, 0.3) is 0 Å². The molecule has 0 radical (unpaired) electrons. The van der Waals surface area contributed by atoms with Gasteiger partial charge in [-0.05, 0) is 62.2 Å². The number of carbonyl (C=O) groups excluding carboxylic acids is 1. The molecule has 8 nitrogen and oxygen atoms in total.